The van der Waals surface area contributed by atoms with Crippen molar-refractivity contribution in [2.24, 2.45) is 0 Å². The van der Waals surface area contributed by atoms with Gasteiger partial charge in [0, 0.05) is 11.3 Å². The number of nitrogens with one attached hydrogen (secondary N) is 2. The number of hydrogen-bond acceptors (Lipinski definition) is 4. The monoisotopic (exact) mass is 466 g/mol. The van der Waals surface area contributed by atoms with Gasteiger partial charge in [-0.2, -0.15) is 0 Å². The van der Waals surface area contributed by atoms with Crippen molar-refractivity contribution in [2.75, 3.05) is 11.9 Å². The highest BCUT2D eigenvalue weighted by atomic mass is 16.5. The molecule has 6 nitrogen and oxygen atoms in total. The maximum atomic E-state index is 13.1. The van der Waals surface area contributed by atoms with Crippen molar-refractivity contribution < 1.29 is 19.1 Å². The Morgan fingerprint density at radius 2 is 1.26 bits per heavy atom. The topological polar surface area (TPSA) is 76.7 Å². The SMILES string of the molecule is O=C(NC(COCc1ccccc1)C(=O)Nc1ccc(Oc2ccccc2)cc1)c1ccccc1. The van der Waals surface area contributed by atoms with Crippen molar-refractivity contribution in [3.8, 4) is 11.5 Å². The standard InChI is InChI=1S/C29H26N2O4/c32-28(23-12-6-2-7-13-23)31-27(21-34-20-22-10-4-1-5-11-22)29(33)30-24-16-18-26(19-17-24)35-25-14-8-3-9-15-25/h1-19,27H,20-21H2,(H,30,33)(H,31,32). The highest BCUT2D eigenvalue weighted by Crippen LogP contribution is 2.22. The van der Waals surface area contributed by atoms with Crippen molar-refractivity contribution in [1.82, 2.24) is 5.32 Å². The molecular formula is C29H26N2O4. The van der Waals surface area contributed by atoms with Gasteiger partial charge in [-0.1, -0.05) is 66.7 Å². The molecule has 4 aromatic rings. The number of hydrogen-bond donors (Lipinski definition) is 2. The van der Waals surface area contributed by atoms with E-state index in [4.69, 9.17) is 9.47 Å². The minimum atomic E-state index is -0.883. The lowest BCUT2D eigenvalue weighted by Crippen LogP contribution is -2.46. The summed E-state index contributed by atoms with van der Waals surface area (Å²) >= 11 is 0. The minimum absolute atomic E-state index is 0.0223. The Bertz CT molecular complexity index is 1210. The molecule has 1 unspecified atom stereocenters. The van der Waals surface area contributed by atoms with Crippen LogP contribution in [0.25, 0.3) is 0 Å². The summed E-state index contributed by atoms with van der Waals surface area (Å²) in [5.74, 6) is 0.651. The normalized spacial score (nSPS) is 11.3. The van der Waals surface area contributed by atoms with Crippen LogP contribution >= 0.6 is 0 Å². The first kappa shape index (κ1) is 23.7. The summed E-state index contributed by atoms with van der Waals surface area (Å²) in [5.41, 5.74) is 2.03. The van der Waals surface area contributed by atoms with E-state index >= 15 is 0 Å². The van der Waals surface area contributed by atoms with E-state index < -0.39 is 6.04 Å². The molecule has 0 spiro atoms. The molecular weight excluding hydrogens is 440 g/mol. The second-order valence-electron chi connectivity index (χ2n) is 7.82. The highest BCUT2D eigenvalue weighted by molar-refractivity contribution is 6.01. The van der Waals surface area contributed by atoms with Crippen LogP contribution < -0.4 is 15.4 Å². The Kier molecular flexibility index (Phi) is 8.24. The summed E-state index contributed by atoms with van der Waals surface area (Å²) in [6, 6.07) is 34.0. The van der Waals surface area contributed by atoms with Gasteiger partial charge in [0.2, 0.25) is 5.91 Å². The van der Waals surface area contributed by atoms with E-state index in [1.54, 1.807) is 48.5 Å². The molecule has 0 heterocycles. The van der Waals surface area contributed by atoms with Crippen molar-refractivity contribution in [1.29, 1.82) is 0 Å². The molecule has 0 fully saturated rings. The van der Waals surface area contributed by atoms with E-state index in [9.17, 15) is 9.59 Å². The Morgan fingerprint density at radius 1 is 0.686 bits per heavy atom. The van der Waals surface area contributed by atoms with Crippen LogP contribution in [0.2, 0.25) is 0 Å². The molecule has 2 N–H and O–H groups in total. The number of carbonyl (C=O) groups excluding carboxylic acids is 2. The molecule has 0 radical (unpaired) electrons. The van der Waals surface area contributed by atoms with E-state index in [2.05, 4.69) is 10.6 Å². The van der Waals surface area contributed by atoms with Gasteiger partial charge < -0.3 is 20.1 Å². The molecule has 0 aliphatic carbocycles. The number of para-hydroxylation sites is 1. The molecule has 1 atom stereocenters. The Balaban J connectivity index is 1.39. The third kappa shape index (κ3) is 7.28. The quantitative estimate of drug-likeness (QED) is 0.327. The Labute approximate surface area is 204 Å². The highest BCUT2D eigenvalue weighted by Gasteiger charge is 2.22. The molecule has 0 saturated carbocycles. The predicted octanol–water partition coefficient (Wildman–Crippen LogP) is 5.43. The molecule has 0 aliphatic heterocycles. The van der Waals surface area contributed by atoms with Crippen LogP contribution in [0.1, 0.15) is 15.9 Å². The molecule has 2 amide bonds. The average molecular weight is 467 g/mol. The molecule has 35 heavy (non-hydrogen) atoms. The number of benzene rings is 4. The molecule has 0 aromatic heterocycles. The van der Waals surface area contributed by atoms with Gasteiger partial charge in [0.05, 0.1) is 13.2 Å². The second kappa shape index (κ2) is 12.2. The number of amides is 2. The maximum absolute atomic E-state index is 13.1. The van der Waals surface area contributed by atoms with Gasteiger partial charge in [0.1, 0.15) is 17.5 Å². The summed E-state index contributed by atoms with van der Waals surface area (Å²) < 4.78 is 11.6. The molecule has 176 valence electrons. The Hall–Kier alpha value is -4.42. The zero-order valence-corrected chi connectivity index (χ0v) is 19.1. The summed E-state index contributed by atoms with van der Waals surface area (Å²) in [4.78, 5) is 25.8. The van der Waals surface area contributed by atoms with Gasteiger partial charge >= 0.3 is 0 Å². The van der Waals surface area contributed by atoms with E-state index in [1.165, 1.54) is 0 Å². The van der Waals surface area contributed by atoms with Gasteiger partial charge in [-0.25, -0.2) is 0 Å². The minimum Gasteiger partial charge on any atom is -0.457 e. The summed E-state index contributed by atoms with van der Waals surface area (Å²) in [7, 11) is 0. The summed E-state index contributed by atoms with van der Waals surface area (Å²) in [6.07, 6.45) is 0. The largest absolute Gasteiger partial charge is 0.457 e. The van der Waals surface area contributed by atoms with Crippen LogP contribution in [0.15, 0.2) is 115 Å². The van der Waals surface area contributed by atoms with Crippen molar-refractivity contribution in [2.45, 2.75) is 12.6 Å². The molecule has 0 saturated heterocycles. The van der Waals surface area contributed by atoms with Gasteiger partial charge in [-0.05, 0) is 54.1 Å². The van der Waals surface area contributed by atoms with E-state index in [0.29, 0.717) is 23.6 Å². The van der Waals surface area contributed by atoms with Crippen LogP contribution in [0.4, 0.5) is 5.69 Å². The molecule has 6 heteroatoms. The lowest BCUT2D eigenvalue weighted by Gasteiger charge is -2.19. The molecule has 4 aromatic carbocycles. The van der Waals surface area contributed by atoms with E-state index in [-0.39, 0.29) is 18.4 Å². The van der Waals surface area contributed by atoms with E-state index in [1.807, 2.05) is 66.7 Å². The first-order valence-electron chi connectivity index (χ1n) is 11.3. The molecule has 0 aliphatic rings. The molecule has 0 bridgehead atoms. The number of anilines is 1. The van der Waals surface area contributed by atoms with Crippen molar-refractivity contribution >= 4 is 17.5 Å². The maximum Gasteiger partial charge on any atom is 0.251 e. The fourth-order valence-corrected chi connectivity index (χ4v) is 3.34. The second-order valence-corrected chi connectivity index (χ2v) is 7.82. The third-order valence-electron chi connectivity index (χ3n) is 5.15. The third-order valence-corrected chi connectivity index (χ3v) is 5.15. The van der Waals surface area contributed by atoms with Gasteiger partial charge in [0.25, 0.3) is 5.91 Å². The summed E-state index contributed by atoms with van der Waals surface area (Å²) in [5, 5.41) is 5.63. The smallest absolute Gasteiger partial charge is 0.251 e. The zero-order chi connectivity index (χ0) is 24.3. The predicted molar refractivity (Wildman–Crippen MR) is 135 cm³/mol. The van der Waals surface area contributed by atoms with Gasteiger partial charge in [-0.3, -0.25) is 9.59 Å². The lowest BCUT2D eigenvalue weighted by atomic mass is 10.2. The van der Waals surface area contributed by atoms with Gasteiger partial charge in [0.15, 0.2) is 0 Å². The Morgan fingerprint density at radius 3 is 1.91 bits per heavy atom. The fourth-order valence-electron chi connectivity index (χ4n) is 3.34. The van der Waals surface area contributed by atoms with Crippen molar-refractivity contribution in [3.05, 3.63) is 126 Å². The first-order valence-corrected chi connectivity index (χ1v) is 11.3. The van der Waals surface area contributed by atoms with Crippen LogP contribution in [0.5, 0.6) is 11.5 Å². The molecule has 4 rings (SSSR count). The van der Waals surface area contributed by atoms with Crippen LogP contribution in [0, 0.1) is 0 Å². The average Bonchev–Trinajstić information content (AvgIpc) is 2.91. The zero-order valence-electron chi connectivity index (χ0n) is 19.1. The van der Waals surface area contributed by atoms with Crippen molar-refractivity contribution in [3.63, 3.8) is 0 Å². The lowest BCUT2D eigenvalue weighted by molar-refractivity contribution is -0.119. The number of carbonyl (C=O) groups is 2. The first-order chi connectivity index (χ1) is 17.2. The number of rotatable bonds is 10. The number of ether oxygens (including phenoxy) is 2. The van der Waals surface area contributed by atoms with Gasteiger partial charge in [-0.15, -0.1) is 0 Å². The van der Waals surface area contributed by atoms with Crippen LogP contribution in [0.3, 0.4) is 0 Å². The van der Waals surface area contributed by atoms with Crippen LogP contribution in [-0.2, 0) is 16.1 Å². The fraction of sp³-hybridized carbons (Fsp3) is 0.103. The van der Waals surface area contributed by atoms with Crippen LogP contribution in [-0.4, -0.2) is 24.5 Å². The summed E-state index contributed by atoms with van der Waals surface area (Å²) in [6.45, 7) is 0.353. The van der Waals surface area contributed by atoms with E-state index in [0.717, 1.165) is 11.3 Å².